The highest BCUT2D eigenvalue weighted by Crippen LogP contribution is 2.31. The van der Waals surface area contributed by atoms with Crippen molar-refractivity contribution in [3.8, 4) is 22.6 Å². The zero-order chi connectivity index (χ0) is 25.4. The summed E-state index contributed by atoms with van der Waals surface area (Å²) in [6.45, 7) is 0.394. The van der Waals surface area contributed by atoms with Crippen LogP contribution >= 0.6 is 11.9 Å². The van der Waals surface area contributed by atoms with Crippen LogP contribution in [0.3, 0.4) is 0 Å². The Morgan fingerprint density at radius 1 is 0.914 bits per heavy atom. The quantitative estimate of drug-likeness (QED) is 0.296. The monoisotopic (exact) mass is 502 g/mol. The second-order valence-corrected chi connectivity index (χ2v) is 8.02. The van der Waals surface area contributed by atoms with E-state index in [1.165, 1.54) is 24.1 Å². The molecule has 0 spiro atoms. The Labute approximate surface area is 206 Å². The Bertz CT molecular complexity index is 1180. The Balaban J connectivity index is 1.67. The van der Waals surface area contributed by atoms with Crippen LogP contribution in [-0.4, -0.2) is 38.6 Å². The van der Waals surface area contributed by atoms with E-state index in [4.69, 9.17) is 9.47 Å². The molecule has 1 N–H and O–H groups in total. The zero-order valence-electron chi connectivity index (χ0n) is 19.5. The third-order valence-corrected chi connectivity index (χ3v) is 5.61. The summed E-state index contributed by atoms with van der Waals surface area (Å²) < 4.78 is 53.2. The average molecular weight is 503 g/mol. The minimum absolute atomic E-state index is 0.267. The van der Waals surface area contributed by atoms with Gasteiger partial charge < -0.3 is 14.8 Å². The van der Waals surface area contributed by atoms with Gasteiger partial charge in [-0.3, -0.25) is 4.79 Å². The van der Waals surface area contributed by atoms with Crippen LogP contribution < -0.4 is 14.8 Å². The fourth-order valence-corrected chi connectivity index (χ4v) is 3.80. The lowest BCUT2D eigenvalue weighted by Gasteiger charge is -2.11. The van der Waals surface area contributed by atoms with Crippen molar-refractivity contribution in [2.24, 2.45) is 4.40 Å². The molecule has 0 aliphatic carbocycles. The van der Waals surface area contributed by atoms with Gasteiger partial charge in [0.25, 0.3) is 5.91 Å². The summed E-state index contributed by atoms with van der Waals surface area (Å²) in [5.74, 6) is 0.936. The molecule has 5 nitrogen and oxygen atoms in total. The van der Waals surface area contributed by atoms with Crippen molar-refractivity contribution in [1.82, 2.24) is 5.32 Å². The maximum Gasteiger partial charge on any atom is 0.416 e. The summed E-state index contributed by atoms with van der Waals surface area (Å²) in [7, 11) is 3.14. The SMILES string of the molecule is COc1ccc(CCNC(=O)C(=NSC)c2ccc(-c3ccc(C(F)(F)F)cc3)cc2)cc1OC. The third-order valence-electron chi connectivity index (χ3n) is 5.25. The predicted molar refractivity (Wildman–Crippen MR) is 133 cm³/mol. The molecule has 0 fully saturated rings. The van der Waals surface area contributed by atoms with Crippen molar-refractivity contribution in [3.05, 3.63) is 83.4 Å². The van der Waals surface area contributed by atoms with Gasteiger partial charge in [-0.1, -0.05) is 42.5 Å². The van der Waals surface area contributed by atoms with Gasteiger partial charge in [0.2, 0.25) is 0 Å². The first-order valence-corrected chi connectivity index (χ1v) is 11.8. The number of halogens is 3. The van der Waals surface area contributed by atoms with Crippen molar-refractivity contribution in [3.63, 3.8) is 0 Å². The molecule has 0 aliphatic rings. The fourth-order valence-electron chi connectivity index (χ4n) is 3.43. The van der Waals surface area contributed by atoms with Gasteiger partial charge in [-0.2, -0.15) is 13.2 Å². The number of methoxy groups -OCH3 is 2. The normalized spacial score (nSPS) is 11.8. The number of alkyl halides is 3. The number of nitrogens with one attached hydrogen (secondary N) is 1. The minimum Gasteiger partial charge on any atom is -0.493 e. The summed E-state index contributed by atoms with van der Waals surface area (Å²) in [5, 5.41) is 2.89. The molecule has 3 aromatic carbocycles. The largest absolute Gasteiger partial charge is 0.493 e. The van der Waals surface area contributed by atoms with E-state index in [2.05, 4.69) is 9.71 Å². The van der Waals surface area contributed by atoms with Gasteiger partial charge >= 0.3 is 6.18 Å². The molecule has 0 unspecified atom stereocenters. The van der Waals surface area contributed by atoms with Crippen molar-refractivity contribution >= 4 is 23.6 Å². The van der Waals surface area contributed by atoms with Crippen LogP contribution in [0.15, 0.2) is 71.1 Å². The maximum absolute atomic E-state index is 12.8. The Hall–Kier alpha value is -3.46. The number of nitrogens with zero attached hydrogens (tertiary/aromatic N) is 1. The first-order valence-electron chi connectivity index (χ1n) is 10.6. The van der Waals surface area contributed by atoms with Crippen LogP contribution in [0, 0.1) is 0 Å². The molecule has 0 aromatic heterocycles. The standard InChI is InChI=1S/C26H25F3N2O3S/c1-33-22-13-4-17(16-23(22)34-2)14-15-30-25(32)24(31-35-3)20-7-5-18(6-8-20)19-9-11-21(12-10-19)26(27,28)29/h4-13,16H,14-15H2,1-3H3,(H,30,32). The second-order valence-electron chi connectivity index (χ2n) is 7.47. The Morgan fingerprint density at radius 2 is 1.51 bits per heavy atom. The molecule has 0 atom stereocenters. The van der Waals surface area contributed by atoms with E-state index in [0.29, 0.717) is 35.6 Å². The molecule has 0 saturated heterocycles. The highest BCUT2D eigenvalue weighted by atomic mass is 32.2. The molecular weight excluding hydrogens is 477 g/mol. The number of carbonyl (C=O) groups is 1. The van der Waals surface area contributed by atoms with Crippen LogP contribution in [0.2, 0.25) is 0 Å². The lowest BCUT2D eigenvalue weighted by molar-refractivity contribution is -0.137. The molecule has 1 amide bonds. The zero-order valence-corrected chi connectivity index (χ0v) is 20.3. The van der Waals surface area contributed by atoms with E-state index in [9.17, 15) is 18.0 Å². The number of amides is 1. The van der Waals surface area contributed by atoms with E-state index in [0.717, 1.165) is 23.3 Å². The van der Waals surface area contributed by atoms with E-state index in [1.807, 2.05) is 18.2 Å². The fraction of sp³-hybridized carbons (Fsp3) is 0.231. The summed E-state index contributed by atoms with van der Waals surface area (Å²) in [5.41, 5.74) is 2.54. The predicted octanol–water partition coefficient (Wildman–Crippen LogP) is 5.82. The number of hydrogen-bond acceptors (Lipinski definition) is 5. The molecule has 0 saturated carbocycles. The van der Waals surface area contributed by atoms with Gasteiger partial charge in [0, 0.05) is 18.4 Å². The highest BCUT2D eigenvalue weighted by Gasteiger charge is 2.30. The highest BCUT2D eigenvalue weighted by molar-refractivity contribution is 7.97. The summed E-state index contributed by atoms with van der Waals surface area (Å²) in [6, 6.07) is 17.5. The van der Waals surface area contributed by atoms with Crippen molar-refractivity contribution in [2.75, 3.05) is 27.0 Å². The lowest BCUT2D eigenvalue weighted by atomic mass is 10.0. The van der Waals surface area contributed by atoms with E-state index >= 15 is 0 Å². The molecule has 0 aliphatic heterocycles. The smallest absolute Gasteiger partial charge is 0.416 e. The Morgan fingerprint density at radius 3 is 2.06 bits per heavy atom. The van der Waals surface area contributed by atoms with Crippen molar-refractivity contribution in [2.45, 2.75) is 12.6 Å². The third kappa shape index (κ3) is 6.79. The summed E-state index contributed by atoms with van der Waals surface area (Å²) >= 11 is 1.17. The van der Waals surface area contributed by atoms with Gasteiger partial charge in [0.15, 0.2) is 11.5 Å². The van der Waals surface area contributed by atoms with Crippen LogP contribution in [0.4, 0.5) is 13.2 Å². The first-order chi connectivity index (χ1) is 16.8. The van der Waals surface area contributed by atoms with Gasteiger partial charge in [-0.25, -0.2) is 4.40 Å². The Kier molecular flexibility index (Phi) is 8.81. The molecule has 0 radical (unpaired) electrons. The molecule has 0 heterocycles. The summed E-state index contributed by atoms with van der Waals surface area (Å²) in [6.07, 6.45) is -2.03. The van der Waals surface area contributed by atoms with Crippen molar-refractivity contribution in [1.29, 1.82) is 0 Å². The summed E-state index contributed by atoms with van der Waals surface area (Å²) in [4.78, 5) is 12.8. The second kappa shape index (κ2) is 11.8. The maximum atomic E-state index is 12.8. The molecule has 9 heteroatoms. The number of rotatable bonds is 9. The van der Waals surface area contributed by atoms with Gasteiger partial charge in [-0.15, -0.1) is 0 Å². The number of benzene rings is 3. The number of ether oxygens (including phenoxy) is 2. The topological polar surface area (TPSA) is 59.9 Å². The van der Waals surface area contributed by atoms with E-state index < -0.39 is 11.7 Å². The molecular formula is C26H25F3N2O3S. The van der Waals surface area contributed by atoms with Gasteiger partial charge in [-0.05, 0) is 59.3 Å². The van der Waals surface area contributed by atoms with Crippen LogP contribution in [0.1, 0.15) is 16.7 Å². The van der Waals surface area contributed by atoms with E-state index in [-0.39, 0.29) is 11.6 Å². The lowest BCUT2D eigenvalue weighted by Crippen LogP contribution is -2.33. The van der Waals surface area contributed by atoms with Crippen LogP contribution in [0.5, 0.6) is 11.5 Å². The van der Waals surface area contributed by atoms with E-state index in [1.54, 1.807) is 44.7 Å². The molecule has 0 bridgehead atoms. The minimum atomic E-state index is -4.38. The van der Waals surface area contributed by atoms with Gasteiger partial charge in [0.05, 0.1) is 19.8 Å². The van der Waals surface area contributed by atoms with Crippen molar-refractivity contribution < 1.29 is 27.4 Å². The van der Waals surface area contributed by atoms with Crippen LogP contribution in [0.25, 0.3) is 11.1 Å². The molecule has 3 rings (SSSR count). The molecule has 184 valence electrons. The molecule has 3 aromatic rings. The number of carbonyl (C=O) groups excluding carboxylic acids is 1. The van der Waals surface area contributed by atoms with Gasteiger partial charge in [0.1, 0.15) is 5.71 Å². The number of hydrogen-bond donors (Lipinski definition) is 1. The van der Waals surface area contributed by atoms with Crippen LogP contribution in [-0.2, 0) is 17.4 Å². The first kappa shape index (κ1) is 26.2. The molecule has 35 heavy (non-hydrogen) atoms. The average Bonchev–Trinajstić information content (AvgIpc) is 2.86.